The summed E-state index contributed by atoms with van der Waals surface area (Å²) in [6.45, 7) is 1.61. The number of methoxy groups -OCH3 is 1. The summed E-state index contributed by atoms with van der Waals surface area (Å²) in [4.78, 5) is 12.8. The van der Waals surface area contributed by atoms with Crippen molar-refractivity contribution in [1.82, 2.24) is 4.90 Å². The molecule has 1 N–H and O–H groups in total. The second-order valence-corrected chi connectivity index (χ2v) is 7.14. The highest BCUT2D eigenvalue weighted by Gasteiger charge is 2.29. The number of nitro benzene ring substituents is 1. The largest absolute Gasteiger partial charge is 0.508 e. The van der Waals surface area contributed by atoms with E-state index in [1.54, 1.807) is 37.4 Å². The monoisotopic (exact) mass is 378 g/mol. The number of non-ortho nitro benzene ring substituents is 1. The van der Waals surface area contributed by atoms with Crippen LogP contribution in [-0.2, 0) is 6.54 Å². The lowest BCUT2D eigenvalue weighted by atomic mass is 9.95. The van der Waals surface area contributed by atoms with Crippen molar-refractivity contribution in [3.63, 3.8) is 0 Å². The number of nitro groups is 1. The minimum absolute atomic E-state index is 0.0994. The Kier molecular flexibility index (Phi) is 4.88. The van der Waals surface area contributed by atoms with E-state index in [0.717, 1.165) is 47.0 Å². The molecule has 6 heteroatoms. The highest BCUT2D eigenvalue weighted by molar-refractivity contribution is 5.89. The summed E-state index contributed by atoms with van der Waals surface area (Å²) in [5, 5.41) is 23.6. The molecule has 0 aliphatic carbocycles. The van der Waals surface area contributed by atoms with Crippen molar-refractivity contribution in [1.29, 1.82) is 0 Å². The summed E-state index contributed by atoms with van der Waals surface area (Å²) in [6, 6.07) is 16.4. The van der Waals surface area contributed by atoms with Crippen molar-refractivity contribution in [2.45, 2.75) is 25.4 Å². The Balaban J connectivity index is 1.66. The Morgan fingerprint density at radius 1 is 1.18 bits per heavy atom. The van der Waals surface area contributed by atoms with Crippen molar-refractivity contribution < 1.29 is 14.8 Å². The topological polar surface area (TPSA) is 75.8 Å². The molecule has 144 valence electrons. The standard InChI is InChI=1S/C22H22N2O4/c1-28-18-9-10-19-16(13-18)6-11-21(25)22(19)20-3-2-12-23(20)14-15-4-7-17(8-5-15)24(26)27/h4-11,13,20,25H,2-3,12,14H2,1H3. The van der Waals surface area contributed by atoms with Gasteiger partial charge < -0.3 is 9.84 Å². The molecule has 1 saturated heterocycles. The second-order valence-electron chi connectivity index (χ2n) is 7.14. The number of hydrogen-bond donors (Lipinski definition) is 1. The van der Waals surface area contributed by atoms with Gasteiger partial charge in [0, 0.05) is 30.3 Å². The van der Waals surface area contributed by atoms with Crippen molar-refractivity contribution in [2.75, 3.05) is 13.7 Å². The van der Waals surface area contributed by atoms with Crippen molar-refractivity contribution in [3.05, 3.63) is 75.8 Å². The number of aromatic hydroxyl groups is 1. The zero-order valence-corrected chi connectivity index (χ0v) is 15.7. The Labute approximate surface area is 163 Å². The first-order valence-corrected chi connectivity index (χ1v) is 9.34. The van der Waals surface area contributed by atoms with Gasteiger partial charge in [-0.2, -0.15) is 0 Å². The summed E-state index contributed by atoms with van der Waals surface area (Å²) in [7, 11) is 1.64. The van der Waals surface area contributed by atoms with Crippen LogP contribution in [0, 0.1) is 10.1 Å². The molecular formula is C22H22N2O4. The molecule has 0 radical (unpaired) electrons. The molecule has 0 aromatic heterocycles. The van der Waals surface area contributed by atoms with E-state index in [2.05, 4.69) is 4.90 Å². The van der Waals surface area contributed by atoms with E-state index in [0.29, 0.717) is 12.3 Å². The third-order valence-electron chi connectivity index (χ3n) is 5.48. The average Bonchev–Trinajstić information content (AvgIpc) is 3.15. The van der Waals surface area contributed by atoms with Gasteiger partial charge in [-0.15, -0.1) is 0 Å². The molecule has 0 spiro atoms. The molecule has 1 aliphatic rings. The van der Waals surface area contributed by atoms with E-state index in [9.17, 15) is 15.2 Å². The Morgan fingerprint density at radius 2 is 1.96 bits per heavy atom. The molecule has 28 heavy (non-hydrogen) atoms. The molecule has 0 amide bonds. The first kappa shape index (κ1) is 18.3. The maximum atomic E-state index is 10.9. The third-order valence-corrected chi connectivity index (χ3v) is 5.48. The number of ether oxygens (including phenoxy) is 1. The molecule has 3 aromatic carbocycles. The van der Waals surface area contributed by atoms with Gasteiger partial charge in [0.25, 0.3) is 5.69 Å². The van der Waals surface area contributed by atoms with Crippen LogP contribution in [0.3, 0.4) is 0 Å². The van der Waals surface area contributed by atoms with E-state index < -0.39 is 0 Å². The first-order valence-electron chi connectivity index (χ1n) is 9.34. The summed E-state index contributed by atoms with van der Waals surface area (Å²) < 4.78 is 5.32. The smallest absolute Gasteiger partial charge is 0.269 e. The van der Waals surface area contributed by atoms with Crippen LogP contribution in [0.5, 0.6) is 11.5 Å². The van der Waals surface area contributed by atoms with E-state index in [-0.39, 0.29) is 16.7 Å². The number of phenolic OH excluding ortho intramolecular Hbond substituents is 1. The van der Waals surface area contributed by atoms with Gasteiger partial charge >= 0.3 is 0 Å². The van der Waals surface area contributed by atoms with Crippen LogP contribution >= 0.6 is 0 Å². The lowest BCUT2D eigenvalue weighted by molar-refractivity contribution is -0.384. The van der Waals surface area contributed by atoms with Crippen molar-refractivity contribution in [3.8, 4) is 11.5 Å². The quantitative estimate of drug-likeness (QED) is 0.510. The minimum atomic E-state index is -0.384. The van der Waals surface area contributed by atoms with Gasteiger partial charge in [0.1, 0.15) is 11.5 Å². The van der Waals surface area contributed by atoms with Crippen molar-refractivity contribution in [2.24, 2.45) is 0 Å². The van der Waals surface area contributed by atoms with Gasteiger partial charge in [-0.3, -0.25) is 15.0 Å². The molecule has 1 fully saturated rings. The summed E-state index contributed by atoms with van der Waals surface area (Å²) in [5.41, 5.74) is 2.07. The van der Waals surface area contributed by atoms with Crippen LogP contribution in [0.15, 0.2) is 54.6 Å². The minimum Gasteiger partial charge on any atom is -0.508 e. The molecule has 1 aliphatic heterocycles. The number of benzene rings is 3. The Morgan fingerprint density at radius 3 is 2.68 bits per heavy atom. The van der Waals surface area contributed by atoms with Crippen LogP contribution in [0.4, 0.5) is 5.69 Å². The third kappa shape index (κ3) is 3.39. The van der Waals surface area contributed by atoms with Crippen LogP contribution in [0.25, 0.3) is 10.8 Å². The molecule has 1 atom stereocenters. The lowest BCUT2D eigenvalue weighted by Crippen LogP contribution is -2.23. The number of hydrogen-bond acceptors (Lipinski definition) is 5. The molecular weight excluding hydrogens is 356 g/mol. The molecule has 0 bridgehead atoms. The van der Waals surface area contributed by atoms with E-state index in [1.165, 1.54) is 0 Å². The number of fused-ring (bicyclic) bond motifs is 1. The highest BCUT2D eigenvalue weighted by atomic mass is 16.6. The highest BCUT2D eigenvalue weighted by Crippen LogP contribution is 2.42. The van der Waals surface area contributed by atoms with Crippen LogP contribution in [0.1, 0.15) is 30.0 Å². The fourth-order valence-electron chi connectivity index (χ4n) is 4.10. The summed E-state index contributed by atoms with van der Waals surface area (Å²) in [6.07, 6.45) is 2.01. The van der Waals surface area contributed by atoms with E-state index in [4.69, 9.17) is 4.74 Å². The normalized spacial score (nSPS) is 17.1. The zero-order valence-electron chi connectivity index (χ0n) is 15.7. The number of likely N-dealkylation sites (tertiary alicyclic amines) is 1. The fraction of sp³-hybridized carbons (Fsp3) is 0.273. The fourth-order valence-corrected chi connectivity index (χ4v) is 4.10. The molecule has 6 nitrogen and oxygen atoms in total. The first-order chi connectivity index (χ1) is 13.6. The van der Waals surface area contributed by atoms with E-state index in [1.807, 2.05) is 24.3 Å². The average molecular weight is 378 g/mol. The van der Waals surface area contributed by atoms with Crippen LogP contribution in [-0.4, -0.2) is 28.6 Å². The van der Waals surface area contributed by atoms with Gasteiger partial charge in [0.15, 0.2) is 0 Å². The molecule has 0 saturated carbocycles. The molecule has 1 heterocycles. The molecule has 4 rings (SSSR count). The SMILES string of the molecule is COc1ccc2c(C3CCCN3Cc3ccc([N+](=O)[O-])cc3)c(O)ccc2c1. The van der Waals surface area contributed by atoms with Gasteiger partial charge in [-0.05, 0) is 53.9 Å². The number of rotatable bonds is 5. The Bertz CT molecular complexity index is 1020. The maximum Gasteiger partial charge on any atom is 0.269 e. The van der Waals surface area contributed by atoms with Gasteiger partial charge in [0.2, 0.25) is 0 Å². The predicted molar refractivity (Wildman–Crippen MR) is 108 cm³/mol. The molecule has 1 unspecified atom stereocenters. The second kappa shape index (κ2) is 7.48. The maximum absolute atomic E-state index is 10.9. The Hall–Kier alpha value is -3.12. The van der Waals surface area contributed by atoms with E-state index >= 15 is 0 Å². The number of phenols is 1. The van der Waals surface area contributed by atoms with Crippen LogP contribution < -0.4 is 4.74 Å². The predicted octanol–water partition coefficient (Wildman–Crippen LogP) is 4.80. The lowest BCUT2D eigenvalue weighted by Gasteiger charge is -2.26. The number of nitrogens with zero attached hydrogens (tertiary/aromatic N) is 2. The molecule has 3 aromatic rings. The zero-order chi connectivity index (χ0) is 19.7. The summed E-state index contributed by atoms with van der Waals surface area (Å²) in [5.74, 6) is 1.09. The van der Waals surface area contributed by atoms with Gasteiger partial charge in [-0.1, -0.05) is 24.3 Å². The van der Waals surface area contributed by atoms with Gasteiger partial charge in [-0.25, -0.2) is 0 Å². The summed E-state index contributed by atoms with van der Waals surface area (Å²) >= 11 is 0. The van der Waals surface area contributed by atoms with Crippen molar-refractivity contribution >= 4 is 16.5 Å². The van der Waals surface area contributed by atoms with Crippen LogP contribution in [0.2, 0.25) is 0 Å². The van der Waals surface area contributed by atoms with Gasteiger partial charge in [0.05, 0.1) is 12.0 Å².